The lowest BCUT2D eigenvalue weighted by molar-refractivity contribution is -0.801. The van der Waals surface area contributed by atoms with E-state index in [-0.39, 0.29) is 11.2 Å². The minimum absolute atomic E-state index is 0.132. The highest BCUT2D eigenvalue weighted by Gasteiger charge is 2.26. The topological polar surface area (TPSA) is 21.5 Å². The van der Waals surface area contributed by atoms with Crippen LogP contribution >= 0.6 is 0 Å². The summed E-state index contributed by atoms with van der Waals surface area (Å²) in [5.74, 6) is 0.259. The first-order valence-electron chi connectivity index (χ1n) is 5.11. The Labute approximate surface area is 86.3 Å². The molecule has 2 heteroatoms. The van der Waals surface area contributed by atoms with Crippen LogP contribution in [0.1, 0.15) is 26.7 Å². The summed E-state index contributed by atoms with van der Waals surface area (Å²) in [6.45, 7) is 4.29. The van der Waals surface area contributed by atoms with Gasteiger partial charge in [0.15, 0.2) is 5.78 Å². The van der Waals surface area contributed by atoms with Crippen molar-refractivity contribution in [3.63, 3.8) is 0 Å². The molecular formula is C12H20NO+. The van der Waals surface area contributed by atoms with Crippen molar-refractivity contribution in [2.45, 2.75) is 26.7 Å². The van der Waals surface area contributed by atoms with Crippen molar-refractivity contribution in [2.24, 2.45) is 5.41 Å². The molecule has 0 spiro atoms. The highest BCUT2D eigenvalue weighted by atomic mass is 16.1. The minimum Gasteiger partial charge on any atom is -0.314 e. The van der Waals surface area contributed by atoms with E-state index in [9.17, 15) is 4.79 Å². The number of nitrogens with one attached hydrogen (secondary N) is 1. The zero-order valence-corrected chi connectivity index (χ0v) is 9.55. The van der Waals surface area contributed by atoms with Gasteiger partial charge in [0.1, 0.15) is 0 Å². The molecule has 0 atom stereocenters. The van der Waals surface area contributed by atoms with Crippen LogP contribution < -0.4 is 4.90 Å². The molecule has 0 bridgehead atoms. The van der Waals surface area contributed by atoms with Crippen LogP contribution in [0.3, 0.4) is 0 Å². The molecule has 0 radical (unpaired) electrons. The number of quaternary nitrogens is 1. The Bertz CT molecular complexity index is 285. The summed E-state index contributed by atoms with van der Waals surface area (Å²) >= 11 is 0. The summed E-state index contributed by atoms with van der Waals surface area (Å²) < 4.78 is 0. The van der Waals surface area contributed by atoms with Crippen molar-refractivity contribution >= 4 is 5.78 Å². The Hall–Kier alpha value is -0.890. The minimum atomic E-state index is 0.132. The second kappa shape index (κ2) is 4.09. The van der Waals surface area contributed by atoms with E-state index in [1.54, 1.807) is 6.08 Å². The fourth-order valence-corrected chi connectivity index (χ4v) is 1.78. The van der Waals surface area contributed by atoms with Gasteiger partial charge in [0.25, 0.3) is 0 Å². The third-order valence-electron chi connectivity index (χ3n) is 2.31. The van der Waals surface area contributed by atoms with Crippen LogP contribution in [0.5, 0.6) is 0 Å². The second-order valence-corrected chi connectivity index (χ2v) is 5.11. The first kappa shape index (κ1) is 11.2. The summed E-state index contributed by atoms with van der Waals surface area (Å²) in [6, 6.07) is 0. The predicted molar refractivity (Wildman–Crippen MR) is 58.1 cm³/mol. The van der Waals surface area contributed by atoms with E-state index in [1.807, 2.05) is 0 Å². The predicted octanol–water partition coefficient (Wildman–Crippen LogP) is 0.960. The molecule has 0 saturated carbocycles. The van der Waals surface area contributed by atoms with E-state index < -0.39 is 0 Å². The fraction of sp³-hybridized carbons (Fsp3) is 0.583. The molecule has 0 aromatic carbocycles. The standard InChI is InChI=1S/C12H19NO/c1-12(2)8-10(5-6-13(3)4)7-11(14)9-12/h5-7H,8-9H2,1-4H3/p+1/b6-5+. The number of carbonyl (C=O) groups excluding carboxylic acids is 1. The van der Waals surface area contributed by atoms with E-state index >= 15 is 0 Å². The molecule has 0 saturated heterocycles. The molecule has 0 amide bonds. The van der Waals surface area contributed by atoms with Crippen LogP contribution in [0.25, 0.3) is 0 Å². The maximum Gasteiger partial charge on any atom is 0.156 e. The Morgan fingerprint density at radius 3 is 2.50 bits per heavy atom. The normalized spacial score (nSPS) is 21.8. The second-order valence-electron chi connectivity index (χ2n) is 5.11. The molecular weight excluding hydrogens is 174 g/mol. The Balaban J connectivity index is 2.75. The first-order chi connectivity index (χ1) is 6.39. The van der Waals surface area contributed by atoms with Crippen LogP contribution in [-0.4, -0.2) is 19.9 Å². The molecule has 1 aliphatic carbocycles. The highest BCUT2D eigenvalue weighted by molar-refractivity contribution is 5.92. The fourth-order valence-electron chi connectivity index (χ4n) is 1.78. The average Bonchev–Trinajstić information content (AvgIpc) is 1.96. The summed E-state index contributed by atoms with van der Waals surface area (Å²) in [6.07, 6.45) is 7.60. The number of rotatable bonds is 2. The Kier molecular flexibility index (Phi) is 3.27. The number of hydrogen-bond donors (Lipinski definition) is 1. The molecule has 14 heavy (non-hydrogen) atoms. The zero-order chi connectivity index (χ0) is 10.8. The van der Waals surface area contributed by atoms with Gasteiger partial charge in [-0.2, -0.15) is 0 Å². The summed E-state index contributed by atoms with van der Waals surface area (Å²) in [4.78, 5) is 12.7. The summed E-state index contributed by atoms with van der Waals surface area (Å²) in [7, 11) is 4.12. The third-order valence-corrected chi connectivity index (χ3v) is 2.31. The molecule has 0 aliphatic heterocycles. The lowest BCUT2D eigenvalue weighted by atomic mass is 9.77. The molecule has 2 nitrogen and oxygen atoms in total. The van der Waals surface area contributed by atoms with Gasteiger partial charge in [-0.05, 0) is 29.6 Å². The number of hydrogen-bond acceptors (Lipinski definition) is 1. The SMILES string of the molecule is C[NH+](C)/C=C/C1=CC(=O)CC(C)(C)C1. The monoisotopic (exact) mass is 194 g/mol. The quantitative estimate of drug-likeness (QED) is 0.694. The van der Waals surface area contributed by atoms with E-state index in [4.69, 9.17) is 0 Å². The van der Waals surface area contributed by atoms with Crippen molar-refractivity contribution in [3.8, 4) is 0 Å². The largest absolute Gasteiger partial charge is 0.314 e. The van der Waals surface area contributed by atoms with Crippen LogP contribution in [0.2, 0.25) is 0 Å². The van der Waals surface area contributed by atoms with Crippen molar-refractivity contribution in [1.29, 1.82) is 0 Å². The highest BCUT2D eigenvalue weighted by Crippen LogP contribution is 2.33. The number of ketones is 1. The number of carbonyl (C=O) groups is 1. The van der Waals surface area contributed by atoms with Crippen LogP contribution in [0.15, 0.2) is 23.9 Å². The first-order valence-corrected chi connectivity index (χ1v) is 5.11. The van der Waals surface area contributed by atoms with Crippen molar-refractivity contribution in [2.75, 3.05) is 14.1 Å². The molecule has 0 aromatic heterocycles. The molecule has 0 fully saturated rings. The van der Waals surface area contributed by atoms with Crippen LogP contribution in [-0.2, 0) is 4.79 Å². The van der Waals surface area contributed by atoms with Crippen LogP contribution in [0.4, 0.5) is 0 Å². The third kappa shape index (κ3) is 3.46. The lowest BCUT2D eigenvalue weighted by Gasteiger charge is -2.27. The van der Waals surface area contributed by atoms with Gasteiger partial charge in [0.05, 0.1) is 20.3 Å². The molecule has 0 aromatic rings. The lowest BCUT2D eigenvalue weighted by Crippen LogP contribution is -3.00. The average molecular weight is 194 g/mol. The molecule has 1 N–H and O–H groups in total. The summed E-state index contributed by atoms with van der Waals surface area (Å²) in [5.41, 5.74) is 1.29. The zero-order valence-electron chi connectivity index (χ0n) is 9.55. The maximum atomic E-state index is 11.4. The Morgan fingerprint density at radius 1 is 1.36 bits per heavy atom. The van der Waals surface area contributed by atoms with Gasteiger partial charge >= 0.3 is 0 Å². The van der Waals surface area contributed by atoms with E-state index in [0.717, 1.165) is 12.0 Å². The van der Waals surface area contributed by atoms with E-state index in [2.05, 4.69) is 40.2 Å². The van der Waals surface area contributed by atoms with E-state index in [1.165, 1.54) is 4.90 Å². The molecule has 78 valence electrons. The molecule has 0 unspecified atom stereocenters. The van der Waals surface area contributed by atoms with Crippen molar-refractivity contribution in [1.82, 2.24) is 0 Å². The van der Waals surface area contributed by atoms with E-state index in [0.29, 0.717) is 6.42 Å². The summed E-state index contributed by atoms with van der Waals surface area (Å²) in [5, 5.41) is 0. The molecule has 1 rings (SSSR count). The van der Waals surface area contributed by atoms with Crippen molar-refractivity contribution in [3.05, 3.63) is 23.9 Å². The van der Waals surface area contributed by atoms with Crippen molar-refractivity contribution < 1.29 is 9.69 Å². The Morgan fingerprint density at radius 2 is 2.00 bits per heavy atom. The van der Waals surface area contributed by atoms with Gasteiger partial charge in [0.2, 0.25) is 0 Å². The van der Waals surface area contributed by atoms with Gasteiger partial charge in [-0.1, -0.05) is 13.8 Å². The van der Waals surface area contributed by atoms with Gasteiger partial charge in [-0.3, -0.25) is 4.79 Å². The van der Waals surface area contributed by atoms with Gasteiger partial charge in [0, 0.05) is 6.42 Å². The number of allylic oxidation sites excluding steroid dienone is 3. The smallest absolute Gasteiger partial charge is 0.156 e. The molecule has 0 heterocycles. The van der Waals surface area contributed by atoms with Gasteiger partial charge in [-0.15, -0.1) is 0 Å². The van der Waals surface area contributed by atoms with Gasteiger partial charge in [-0.25, -0.2) is 0 Å². The van der Waals surface area contributed by atoms with Gasteiger partial charge < -0.3 is 4.90 Å². The van der Waals surface area contributed by atoms with Crippen LogP contribution in [0, 0.1) is 5.41 Å². The maximum absolute atomic E-state index is 11.4. The molecule has 1 aliphatic rings.